The zero-order valence-corrected chi connectivity index (χ0v) is 18.8. The number of amides is 2. The zero-order chi connectivity index (χ0) is 22.2. The van der Waals surface area contributed by atoms with Gasteiger partial charge in [-0.05, 0) is 56.0 Å². The number of aryl methyl sites for hydroxylation is 1. The van der Waals surface area contributed by atoms with Gasteiger partial charge < -0.3 is 0 Å². The molecule has 0 aromatic heterocycles. The number of fused-ring (bicyclic) bond motifs is 1. The van der Waals surface area contributed by atoms with Gasteiger partial charge in [-0.3, -0.25) is 18.8 Å². The third-order valence-electron chi connectivity index (χ3n) is 6.43. The van der Waals surface area contributed by atoms with Gasteiger partial charge in [-0.1, -0.05) is 43.2 Å². The molecule has 1 saturated heterocycles. The quantitative estimate of drug-likeness (QED) is 0.639. The summed E-state index contributed by atoms with van der Waals surface area (Å²) in [6.07, 6.45) is 3.49. The van der Waals surface area contributed by atoms with E-state index in [1.54, 1.807) is 56.3 Å². The van der Waals surface area contributed by atoms with Crippen LogP contribution in [0.4, 0.5) is 5.69 Å². The van der Waals surface area contributed by atoms with Crippen LogP contribution in [0.5, 0.6) is 0 Å². The van der Waals surface area contributed by atoms with Crippen molar-refractivity contribution in [3.63, 3.8) is 0 Å². The second-order valence-electron chi connectivity index (χ2n) is 8.37. The Bertz CT molecular complexity index is 1070. The fraction of sp³-hybridized carbons (Fsp3) is 0.417. The van der Waals surface area contributed by atoms with Crippen LogP contribution in [0.3, 0.4) is 0 Å². The number of anilines is 1. The van der Waals surface area contributed by atoms with Crippen LogP contribution in [-0.2, 0) is 26.2 Å². The van der Waals surface area contributed by atoms with Crippen LogP contribution >= 0.6 is 0 Å². The van der Waals surface area contributed by atoms with E-state index in [1.807, 2.05) is 6.07 Å². The van der Waals surface area contributed by atoms with Gasteiger partial charge in [-0.15, -0.1) is 0 Å². The molecule has 2 aromatic rings. The highest BCUT2D eigenvalue weighted by Crippen LogP contribution is 2.38. The first-order chi connectivity index (χ1) is 14.8. The second kappa shape index (κ2) is 8.46. The summed E-state index contributed by atoms with van der Waals surface area (Å²) in [5, 5.41) is 0. The van der Waals surface area contributed by atoms with Crippen molar-refractivity contribution in [3.05, 3.63) is 59.7 Å². The molecule has 0 bridgehead atoms. The second-order valence-corrected chi connectivity index (χ2v) is 10.2. The predicted molar refractivity (Wildman–Crippen MR) is 119 cm³/mol. The molecule has 164 valence electrons. The highest BCUT2D eigenvalue weighted by molar-refractivity contribution is 7.92. The molecule has 1 aliphatic carbocycles. The molecule has 2 amide bonds. The van der Waals surface area contributed by atoms with E-state index in [2.05, 4.69) is 0 Å². The third kappa shape index (κ3) is 3.87. The van der Waals surface area contributed by atoms with Crippen molar-refractivity contribution in [2.45, 2.75) is 51.0 Å². The largest absolute Gasteiger partial charge is 0.278 e. The molecule has 1 heterocycles. The molecule has 7 heteroatoms. The van der Waals surface area contributed by atoms with Crippen LogP contribution in [0, 0.1) is 18.8 Å². The molecule has 2 atom stereocenters. The number of imide groups is 1. The van der Waals surface area contributed by atoms with Gasteiger partial charge in [0.15, 0.2) is 0 Å². The molecule has 2 fully saturated rings. The van der Waals surface area contributed by atoms with Crippen LogP contribution < -0.4 is 4.31 Å². The summed E-state index contributed by atoms with van der Waals surface area (Å²) >= 11 is 0. The molecular weight excluding hydrogens is 412 g/mol. The highest BCUT2D eigenvalue weighted by atomic mass is 32.2. The molecular formula is C24H28N2O4S. The number of likely N-dealkylation sites (tertiary alicyclic amines) is 1. The lowest BCUT2D eigenvalue weighted by molar-refractivity contribution is -0.140. The number of hydrogen-bond donors (Lipinski definition) is 0. The SMILES string of the molecule is CCN(c1ccccc1)S(=O)(=O)c1cc(CN2C(=O)[C@H]3CCCC[C@H]3C2=O)ccc1C. The fourth-order valence-corrected chi connectivity index (χ4v) is 6.55. The number of nitrogens with zero attached hydrogens (tertiary/aromatic N) is 2. The number of hydrogen-bond acceptors (Lipinski definition) is 4. The van der Waals surface area contributed by atoms with Gasteiger partial charge >= 0.3 is 0 Å². The fourth-order valence-electron chi connectivity index (χ4n) is 4.79. The van der Waals surface area contributed by atoms with Crippen LogP contribution in [0.2, 0.25) is 0 Å². The van der Waals surface area contributed by atoms with E-state index >= 15 is 0 Å². The molecule has 0 spiro atoms. The number of para-hydroxylation sites is 1. The van der Waals surface area contributed by atoms with Crippen molar-refractivity contribution < 1.29 is 18.0 Å². The summed E-state index contributed by atoms with van der Waals surface area (Å²) in [6.45, 7) is 3.97. The Balaban J connectivity index is 1.64. The van der Waals surface area contributed by atoms with Crippen molar-refractivity contribution in [1.29, 1.82) is 0 Å². The van der Waals surface area contributed by atoms with Crippen molar-refractivity contribution >= 4 is 27.5 Å². The molecule has 4 rings (SSSR count). The Morgan fingerprint density at radius 3 is 2.16 bits per heavy atom. The molecule has 31 heavy (non-hydrogen) atoms. The standard InChI is InChI=1S/C24H28N2O4S/c1-3-26(19-9-5-4-6-10-19)31(29,30)22-15-18(14-13-17(22)2)16-25-23(27)20-11-7-8-12-21(20)24(25)28/h4-6,9-10,13-15,20-21H,3,7-8,11-12,16H2,1-2H3/t20-,21+. The minimum absolute atomic E-state index is 0.112. The number of carbonyl (C=O) groups excluding carboxylic acids is 2. The molecule has 0 N–H and O–H groups in total. The molecule has 2 aromatic carbocycles. The summed E-state index contributed by atoms with van der Waals surface area (Å²) in [6, 6.07) is 14.2. The Morgan fingerprint density at radius 1 is 0.968 bits per heavy atom. The molecule has 2 aliphatic rings. The maximum atomic E-state index is 13.5. The Morgan fingerprint density at radius 2 is 1.58 bits per heavy atom. The summed E-state index contributed by atoms with van der Waals surface area (Å²) in [4.78, 5) is 27.2. The molecule has 1 saturated carbocycles. The van der Waals surface area contributed by atoms with Crippen LogP contribution in [0.1, 0.15) is 43.7 Å². The summed E-state index contributed by atoms with van der Waals surface area (Å²) < 4.78 is 28.3. The van der Waals surface area contributed by atoms with Gasteiger partial charge in [-0.25, -0.2) is 8.42 Å². The van der Waals surface area contributed by atoms with Crippen molar-refractivity contribution in [2.75, 3.05) is 10.8 Å². The first-order valence-electron chi connectivity index (χ1n) is 10.9. The average molecular weight is 441 g/mol. The third-order valence-corrected chi connectivity index (χ3v) is 8.47. The monoisotopic (exact) mass is 440 g/mol. The van der Waals surface area contributed by atoms with Crippen molar-refractivity contribution in [2.24, 2.45) is 11.8 Å². The van der Waals surface area contributed by atoms with E-state index in [9.17, 15) is 18.0 Å². The van der Waals surface area contributed by atoms with Gasteiger partial charge in [0.1, 0.15) is 0 Å². The number of rotatable bonds is 6. The maximum absolute atomic E-state index is 13.5. The van der Waals surface area contributed by atoms with Crippen LogP contribution in [-0.4, -0.2) is 31.7 Å². The van der Waals surface area contributed by atoms with Gasteiger partial charge in [0.25, 0.3) is 10.0 Å². The lowest BCUT2D eigenvalue weighted by Gasteiger charge is -2.24. The van der Waals surface area contributed by atoms with E-state index in [-0.39, 0.29) is 35.1 Å². The molecule has 0 unspecified atom stereocenters. The van der Waals surface area contributed by atoms with Gasteiger partial charge in [0, 0.05) is 6.54 Å². The number of sulfonamides is 1. The number of benzene rings is 2. The average Bonchev–Trinajstić information content (AvgIpc) is 3.01. The van der Waals surface area contributed by atoms with Crippen LogP contribution in [0.15, 0.2) is 53.4 Å². The van der Waals surface area contributed by atoms with Crippen LogP contribution in [0.25, 0.3) is 0 Å². The summed E-state index contributed by atoms with van der Waals surface area (Å²) in [5.41, 5.74) is 1.88. The Hall–Kier alpha value is -2.67. The van der Waals surface area contributed by atoms with E-state index in [0.717, 1.165) is 25.7 Å². The minimum atomic E-state index is -3.79. The number of carbonyl (C=O) groups is 2. The lowest BCUT2D eigenvalue weighted by Crippen LogP contribution is -2.32. The van der Waals surface area contributed by atoms with Crippen molar-refractivity contribution in [3.8, 4) is 0 Å². The normalized spacial score (nSPS) is 21.3. The predicted octanol–water partition coefficient (Wildman–Crippen LogP) is 3.89. The summed E-state index contributed by atoms with van der Waals surface area (Å²) in [7, 11) is -3.79. The molecule has 0 radical (unpaired) electrons. The summed E-state index contributed by atoms with van der Waals surface area (Å²) in [5.74, 6) is -0.634. The first kappa shape index (κ1) is 21.6. The Labute approximate surface area is 183 Å². The lowest BCUT2D eigenvalue weighted by atomic mass is 9.81. The topological polar surface area (TPSA) is 74.8 Å². The Kier molecular flexibility index (Phi) is 5.88. The zero-order valence-electron chi connectivity index (χ0n) is 18.0. The molecule has 1 aliphatic heterocycles. The van der Waals surface area contributed by atoms with Gasteiger partial charge in [-0.2, -0.15) is 0 Å². The van der Waals surface area contributed by atoms with E-state index in [4.69, 9.17) is 0 Å². The van der Waals surface area contributed by atoms with E-state index in [0.29, 0.717) is 23.4 Å². The maximum Gasteiger partial charge on any atom is 0.264 e. The highest BCUT2D eigenvalue weighted by Gasteiger charge is 2.47. The van der Waals surface area contributed by atoms with Gasteiger partial charge in [0.05, 0.1) is 29.0 Å². The first-order valence-corrected chi connectivity index (χ1v) is 12.3. The van der Waals surface area contributed by atoms with E-state index in [1.165, 1.54) is 9.21 Å². The van der Waals surface area contributed by atoms with E-state index < -0.39 is 10.0 Å². The minimum Gasteiger partial charge on any atom is -0.278 e. The molecule has 6 nitrogen and oxygen atoms in total. The van der Waals surface area contributed by atoms with Crippen molar-refractivity contribution in [1.82, 2.24) is 4.90 Å². The smallest absolute Gasteiger partial charge is 0.264 e. The van der Waals surface area contributed by atoms with Gasteiger partial charge in [0.2, 0.25) is 11.8 Å².